The lowest BCUT2D eigenvalue weighted by Gasteiger charge is -2.26. The zero-order chi connectivity index (χ0) is 15.6. The molecule has 0 heterocycles. The molecule has 112 valence electrons. The summed E-state index contributed by atoms with van der Waals surface area (Å²) in [6.07, 6.45) is 0. The van der Waals surface area contributed by atoms with E-state index in [2.05, 4.69) is 6.07 Å². The van der Waals surface area contributed by atoms with Gasteiger partial charge in [0.25, 0.3) is 0 Å². The Kier molecular flexibility index (Phi) is 4.24. The van der Waals surface area contributed by atoms with Gasteiger partial charge in [0.05, 0.1) is 14.2 Å². The third kappa shape index (κ3) is 3.19. The van der Waals surface area contributed by atoms with Crippen LogP contribution in [-0.4, -0.2) is 19.3 Å². The van der Waals surface area contributed by atoms with Gasteiger partial charge in [-0.3, -0.25) is 0 Å². The summed E-state index contributed by atoms with van der Waals surface area (Å²) in [4.78, 5) is 0. The molecule has 0 aliphatic rings. The van der Waals surface area contributed by atoms with Crippen LogP contribution in [0.15, 0.2) is 36.4 Å². The van der Waals surface area contributed by atoms with Gasteiger partial charge in [-0.2, -0.15) is 0 Å². The summed E-state index contributed by atoms with van der Waals surface area (Å²) in [7, 11) is 3.20. The molecule has 3 heteroatoms. The molecule has 0 aliphatic heterocycles. The summed E-state index contributed by atoms with van der Waals surface area (Å²) < 4.78 is 10.6. The minimum absolute atomic E-state index is 0.661. The second-order valence-electron chi connectivity index (χ2n) is 5.55. The van der Waals surface area contributed by atoms with E-state index in [4.69, 9.17) is 9.47 Å². The molecular formula is C18H22O3. The molecule has 0 fully saturated rings. The Bertz CT molecular complexity index is 602. The fraction of sp³-hybridized carbons (Fsp3) is 0.333. The van der Waals surface area contributed by atoms with E-state index in [1.165, 1.54) is 0 Å². The number of hydrogen-bond acceptors (Lipinski definition) is 3. The fourth-order valence-corrected chi connectivity index (χ4v) is 2.51. The SMILES string of the molecule is COc1cc(OC)cc(C(C)(O)c2cc(C)cc(C)c2)c1. The molecule has 0 radical (unpaired) electrons. The van der Waals surface area contributed by atoms with Gasteiger partial charge in [-0.1, -0.05) is 29.3 Å². The molecule has 2 rings (SSSR count). The predicted molar refractivity (Wildman–Crippen MR) is 84.1 cm³/mol. The zero-order valence-electron chi connectivity index (χ0n) is 13.2. The Balaban J connectivity index is 2.56. The van der Waals surface area contributed by atoms with E-state index in [0.29, 0.717) is 11.5 Å². The van der Waals surface area contributed by atoms with Crippen molar-refractivity contribution in [1.29, 1.82) is 0 Å². The van der Waals surface area contributed by atoms with Crippen LogP contribution >= 0.6 is 0 Å². The fourth-order valence-electron chi connectivity index (χ4n) is 2.51. The van der Waals surface area contributed by atoms with Gasteiger partial charge in [0.15, 0.2) is 0 Å². The predicted octanol–water partition coefficient (Wildman–Crippen LogP) is 3.58. The van der Waals surface area contributed by atoms with E-state index in [1.54, 1.807) is 27.2 Å². The van der Waals surface area contributed by atoms with Gasteiger partial charge >= 0.3 is 0 Å². The van der Waals surface area contributed by atoms with Crippen LogP contribution in [-0.2, 0) is 5.60 Å². The standard InChI is InChI=1S/C18H22O3/c1-12-6-13(2)8-14(7-12)18(3,19)15-9-16(20-4)11-17(10-15)21-5/h6-11,19H,1-5H3. The second kappa shape index (κ2) is 5.78. The molecule has 3 nitrogen and oxygen atoms in total. The van der Waals surface area contributed by atoms with E-state index in [0.717, 1.165) is 22.3 Å². The normalized spacial score (nSPS) is 13.6. The van der Waals surface area contributed by atoms with Gasteiger partial charge in [0.2, 0.25) is 0 Å². The quantitative estimate of drug-likeness (QED) is 0.933. The summed E-state index contributed by atoms with van der Waals surface area (Å²) in [6, 6.07) is 11.5. The van der Waals surface area contributed by atoms with E-state index in [9.17, 15) is 5.11 Å². The molecule has 0 aliphatic carbocycles. The van der Waals surface area contributed by atoms with Crippen molar-refractivity contribution in [2.24, 2.45) is 0 Å². The highest BCUT2D eigenvalue weighted by Crippen LogP contribution is 2.35. The lowest BCUT2D eigenvalue weighted by molar-refractivity contribution is 0.101. The van der Waals surface area contributed by atoms with E-state index in [-0.39, 0.29) is 0 Å². The maximum absolute atomic E-state index is 11.0. The molecular weight excluding hydrogens is 264 g/mol. The molecule has 2 aromatic carbocycles. The van der Waals surface area contributed by atoms with Crippen molar-refractivity contribution >= 4 is 0 Å². The first-order valence-electron chi connectivity index (χ1n) is 6.91. The van der Waals surface area contributed by atoms with Gasteiger partial charge in [-0.25, -0.2) is 0 Å². The number of benzene rings is 2. The van der Waals surface area contributed by atoms with Crippen LogP contribution in [0, 0.1) is 13.8 Å². The first kappa shape index (κ1) is 15.4. The Labute approximate surface area is 126 Å². The molecule has 2 aromatic rings. The van der Waals surface area contributed by atoms with Gasteiger partial charge in [-0.15, -0.1) is 0 Å². The topological polar surface area (TPSA) is 38.7 Å². The van der Waals surface area contributed by atoms with Crippen molar-refractivity contribution in [1.82, 2.24) is 0 Å². The van der Waals surface area contributed by atoms with Crippen LogP contribution in [0.5, 0.6) is 11.5 Å². The summed E-state index contributed by atoms with van der Waals surface area (Å²) in [5, 5.41) is 11.0. The average Bonchev–Trinajstić information content (AvgIpc) is 2.45. The van der Waals surface area contributed by atoms with Crippen molar-refractivity contribution < 1.29 is 14.6 Å². The van der Waals surface area contributed by atoms with Gasteiger partial charge in [0.1, 0.15) is 17.1 Å². The molecule has 0 saturated heterocycles. The molecule has 0 aromatic heterocycles. The first-order chi connectivity index (χ1) is 9.86. The van der Waals surface area contributed by atoms with E-state index < -0.39 is 5.60 Å². The monoisotopic (exact) mass is 286 g/mol. The number of aliphatic hydroxyl groups is 1. The Morgan fingerprint density at radius 2 is 1.19 bits per heavy atom. The van der Waals surface area contributed by atoms with Crippen molar-refractivity contribution in [3.05, 3.63) is 58.7 Å². The lowest BCUT2D eigenvalue weighted by Crippen LogP contribution is -2.23. The van der Waals surface area contributed by atoms with Crippen LogP contribution in [0.3, 0.4) is 0 Å². The minimum atomic E-state index is -1.11. The third-order valence-corrected chi connectivity index (χ3v) is 3.70. The van der Waals surface area contributed by atoms with Gasteiger partial charge in [0, 0.05) is 6.07 Å². The number of aryl methyl sites for hydroxylation is 2. The van der Waals surface area contributed by atoms with Crippen LogP contribution in [0.1, 0.15) is 29.2 Å². The maximum atomic E-state index is 11.0. The highest BCUT2D eigenvalue weighted by molar-refractivity contribution is 5.46. The largest absolute Gasteiger partial charge is 0.497 e. The minimum Gasteiger partial charge on any atom is -0.497 e. The molecule has 0 bridgehead atoms. The van der Waals surface area contributed by atoms with Crippen molar-refractivity contribution in [2.45, 2.75) is 26.4 Å². The molecule has 1 unspecified atom stereocenters. The van der Waals surface area contributed by atoms with Crippen LogP contribution < -0.4 is 9.47 Å². The third-order valence-electron chi connectivity index (χ3n) is 3.70. The Morgan fingerprint density at radius 1 is 0.762 bits per heavy atom. The lowest BCUT2D eigenvalue weighted by atomic mass is 9.86. The van der Waals surface area contributed by atoms with Crippen LogP contribution in [0.25, 0.3) is 0 Å². The van der Waals surface area contributed by atoms with Crippen molar-refractivity contribution in [2.75, 3.05) is 14.2 Å². The Morgan fingerprint density at radius 3 is 1.62 bits per heavy atom. The molecule has 0 amide bonds. The van der Waals surface area contributed by atoms with E-state index in [1.807, 2.05) is 38.1 Å². The number of hydrogen-bond donors (Lipinski definition) is 1. The zero-order valence-corrected chi connectivity index (χ0v) is 13.2. The average molecular weight is 286 g/mol. The molecule has 1 atom stereocenters. The summed E-state index contributed by atoms with van der Waals surface area (Å²) >= 11 is 0. The maximum Gasteiger partial charge on any atom is 0.122 e. The summed E-state index contributed by atoms with van der Waals surface area (Å²) in [5.74, 6) is 1.32. The second-order valence-corrected chi connectivity index (χ2v) is 5.55. The summed E-state index contributed by atoms with van der Waals surface area (Å²) in [5.41, 5.74) is 2.73. The van der Waals surface area contributed by atoms with Gasteiger partial charge in [-0.05, 0) is 44.0 Å². The van der Waals surface area contributed by atoms with E-state index >= 15 is 0 Å². The van der Waals surface area contributed by atoms with Gasteiger partial charge < -0.3 is 14.6 Å². The number of ether oxygens (including phenoxy) is 2. The molecule has 1 N–H and O–H groups in total. The molecule has 21 heavy (non-hydrogen) atoms. The highest BCUT2D eigenvalue weighted by Gasteiger charge is 2.27. The first-order valence-corrected chi connectivity index (χ1v) is 6.91. The molecule has 0 spiro atoms. The Hall–Kier alpha value is -2.00. The molecule has 0 saturated carbocycles. The smallest absolute Gasteiger partial charge is 0.122 e. The number of rotatable bonds is 4. The van der Waals surface area contributed by atoms with Crippen molar-refractivity contribution in [3.63, 3.8) is 0 Å². The van der Waals surface area contributed by atoms with Crippen molar-refractivity contribution in [3.8, 4) is 11.5 Å². The van der Waals surface area contributed by atoms with Crippen LogP contribution in [0.2, 0.25) is 0 Å². The van der Waals surface area contributed by atoms with Crippen LogP contribution in [0.4, 0.5) is 0 Å². The number of methoxy groups -OCH3 is 2. The highest BCUT2D eigenvalue weighted by atomic mass is 16.5. The summed E-state index contributed by atoms with van der Waals surface area (Å²) in [6.45, 7) is 5.84.